The Bertz CT molecular complexity index is 1250. The van der Waals surface area contributed by atoms with Gasteiger partial charge in [-0.15, -0.1) is 5.10 Å². The summed E-state index contributed by atoms with van der Waals surface area (Å²) < 4.78 is 17.3. The van der Waals surface area contributed by atoms with Gasteiger partial charge in [-0.3, -0.25) is 9.78 Å². The molecule has 2 aromatic carbocycles. The maximum Gasteiger partial charge on any atom is 0.437 e. The van der Waals surface area contributed by atoms with Crippen LogP contribution in [0.25, 0.3) is 11.5 Å². The third-order valence-corrected chi connectivity index (χ3v) is 4.48. The molecule has 0 aliphatic heterocycles. The predicted molar refractivity (Wildman–Crippen MR) is 116 cm³/mol. The number of nitrogens with one attached hydrogen (secondary N) is 1. The van der Waals surface area contributed by atoms with Gasteiger partial charge in [0.15, 0.2) is 11.5 Å². The molecule has 0 radical (unpaired) electrons. The average Bonchev–Trinajstić information content (AvgIpc) is 3.19. The van der Waals surface area contributed by atoms with E-state index in [1.165, 1.54) is 7.11 Å². The van der Waals surface area contributed by atoms with Crippen LogP contribution in [0, 0.1) is 0 Å². The Labute approximate surface area is 183 Å². The highest BCUT2D eigenvalue weighted by Gasteiger charge is 2.14. The van der Waals surface area contributed by atoms with Crippen LogP contribution in [-0.2, 0) is 17.9 Å². The molecular weight excluding hydrogens is 412 g/mol. The van der Waals surface area contributed by atoms with E-state index in [2.05, 4.69) is 15.4 Å². The van der Waals surface area contributed by atoms with Crippen molar-refractivity contribution in [2.45, 2.75) is 13.2 Å². The van der Waals surface area contributed by atoms with Crippen LogP contribution < -0.4 is 20.5 Å². The number of benzene rings is 2. The van der Waals surface area contributed by atoms with E-state index < -0.39 is 11.7 Å². The fourth-order valence-corrected chi connectivity index (χ4v) is 2.95. The van der Waals surface area contributed by atoms with Gasteiger partial charge < -0.3 is 19.2 Å². The predicted octanol–water partition coefficient (Wildman–Crippen LogP) is 3.12. The third-order valence-electron chi connectivity index (χ3n) is 4.48. The maximum atomic E-state index is 12.5. The van der Waals surface area contributed by atoms with Crippen molar-refractivity contribution in [1.29, 1.82) is 0 Å². The van der Waals surface area contributed by atoms with Gasteiger partial charge in [-0.1, -0.05) is 24.3 Å². The van der Waals surface area contributed by atoms with E-state index in [0.717, 1.165) is 10.2 Å². The largest absolute Gasteiger partial charge is 0.493 e. The average molecular weight is 432 g/mol. The molecule has 2 aromatic heterocycles. The molecule has 0 aliphatic rings. The first kappa shape index (κ1) is 20.9. The lowest BCUT2D eigenvalue weighted by molar-refractivity contribution is -0.117. The Balaban J connectivity index is 1.44. The number of carbonyl (C=O) groups excluding carboxylic acids is 1. The fourth-order valence-electron chi connectivity index (χ4n) is 2.95. The first-order valence-corrected chi connectivity index (χ1v) is 9.75. The highest BCUT2D eigenvalue weighted by Crippen LogP contribution is 2.31. The lowest BCUT2D eigenvalue weighted by Gasteiger charge is -2.13. The summed E-state index contributed by atoms with van der Waals surface area (Å²) in [6, 6.07) is 17.7. The highest BCUT2D eigenvalue weighted by atomic mass is 16.5. The summed E-state index contributed by atoms with van der Waals surface area (Å²) in [5.41, 5.74) is 2.02. The Morgan fingerprint density at radius 3 is 2.69 bits per heavy atom. The van der Waals surface area contributed by atoms with Crippen LogP contribution >= 0.6 is 0 Å². The van der Waals surface area contributed by atoms with Crippen molar-refractivity contribution < 1.29 is 18.7 Å². The number of pyridine rings is 1. The van der Waals surface area contributed by atoms with Crippen molar-refractivity contribution in [2.75, 3.05) is 12.4 Å². The van der Waals surface area contributed by atoms with E-state index in [9.17, 15) is 9.59 Å². The van der Waals surface area contributed by atoms with Gasteiger partial charge in [0.05, 0.1) is 7.11 Å². The van der Waals surface area contributed by atoms with Gasteiger partial charge in [-0.25, -0.2) is 4.79 Å². The van der Waals surface area contributed by atoms with Gasteiger partial charge in [0, 0.05) is 35.3 Å². The van der Waals surface area contributed by atoms with Crippen LogP contribution in [0.5, 0.6) is 11.5 Å². The van der Waals surface area contributed by atoms with Crippen LogP contribution in [0.15, 0.2) is 82.3 Å². The molecule has 0 bridgehead atoms. The van der Waals surface area contributed by atoms with E-state index >= 15 is 0 Å². The fraction of sp³-hybridized carbons (Fsp3) is 0.130. The van der Waals surface area contributed by atoms with Crippen molar-refractivity contribution in [3.8, 4) is 23.0 Å². The quantitative estimate of drug-likeness (QED) is 0.456. The van der Waals surface area contributed by atoms with E-state index in [0.29, 0.717) is 22.7 Å². The molecule has 9 nitrogen and oxygen atoms in total. The van der Waals surface area contributed by atoms with E-state index in [1.807, 2.05) is 18.2 Å². The van der Waals surface area contributed by atoms with Crippen LogP contribution in [0.1, 0.15) is 5.56 Å². The minimum atomic E-state index is -0.714. The molecule has 4 aromatic rings. The molecule has 2 heterocycles. The van der Waals surface area contributed by atoms with Gasteiger partial charge in [-0.2, -0.15) is 4.68 Å². The minimum Gasteiger partial charge on any atom is -0.493 e. The summed E-state index contributed by atoms with van der Waals surface area (Å²) in [6.07, 6.45) is 3.39. The lowest BCUT2D eigenvalue weighted by Crippen LogP contribution is -2.25. The second-order valence-electron chi connectivity index (χ2n) is 6.76. The van der Waals surface area contributed by atoms with Crippen molar-refractivity contribution in [3.63, 3.8) is 0 Å². The number of nitrogens with zero attached hydrogens (tertiary/aromatic N) is 3. The Hall–Kier alpha value is -4.40. The number of hydrogen-bond acceptors (Lipinski definition) is 7. The van der Waals surface area contributed by atoms with Crippen molar-refractivity contribution in [1.82, 2.24) is 14.8 Å². The zero-order chi connectivity index (χ0) is 22.3. The Morgan fingerprint density at radius 1 is 1.09 bits per heavy atom. The summed E-state index contributed by atoms with van der Waals surface area (Å²) in [4.78, 5) is 28.6. The number of amides is 1. The number of rotatable bonds is 8. The molecule has 1 amide bonds. The molecule has 0 spiro atoms. The molecule has 0 unspecified atom stereocenters. The summed E-state index contributed by atoms with van der Waals surface area (Å²) in [5.74, 6) is -0.0252. The molecule has 0 saturated carbocycles. The van der Waals surface area contributed by atoms with Crippen LogP contribution in [0.2, 0.25) is 0 Å². The third kappa shape index (κ3) is 5.01. The maximum absolute atomic E-state index is 12.5. The zero-order valence-corrected chi connectivity index (χ0v) is 17.2. The van der Waals surface area contributed by atoms with Crippen molar-refractivity contribution >= 4 is 11.6 Å². The standard InChI is InChI=1S/C23H20N4O5/c1-30-19-10-9-18(12-20(19)31-15-16-6-5-11-24-13-16)25-21(28)14-27-23(29)32-22(26-27)17-7-3-2-4-8-17/h2-13H,14-15H2,1H3,(H,25,28). The van der Waals surface area contributed by atoms with Gasteiger partial charge in [0.1, 0.15) is 13.2 Å². The molecule has 32 heavy (non-hydrogen) atoms. The molecule has 0 fully saturated rings. The monoisotopic (exact) mass is 432 g/mol. The molecule has 9 heteroatoms. The van der Waals surface area contributed by atoms with Crippen molar-refractivity contribution in [3.05, 3.63) is 89.2 Å². The molecule has 1 N–H and O–H groups in total. The summed E-state index contributed by atoms with van der Waals surface area (Å²) >= 11 is 0. The number of methoxy groups -OCH3 is 1. The van der Waals surface area contributed by atoms with Crippen molar-refractivity contribution in [2.24, 2.45) is 0 Å². The van der Waals surface area contributed by atoms with Crippen LogP contribution in [-0.4, -0.2) is 27.8 Å². The smallest absolute Gasteiger partial charge is 0.437 e. The molecule has 0 atom stereocenters. The van der Waals surface area contributed by atoms with E-state index in [4.69, 9.17) is 13.9 Å². The first-order chi connectivity index (χ1) is 15.6. The lowest BCUT2D eigenvalue weighted by atomic mass is 10.2. The number of hydrogen-bond donors (Lipinski definition) is 1. The second-order valence-corrected chi connectivity index (χ2v) is 6.76. The molecule has 162 valence electrons. The first-order valence-electron chi connectivity index (χ1n) is 9.75. The van der Waals surface area contributed by atoms with E-state index in [1.54, 1.807) is 54.9 Å². The van der Waals surface area contributed by atoms with E-state index in [-0.39, 0.29) is 19.0 Å². The Kier molecular flexibility index (Phi) is 6.26. The molecule has 0 aliphatic carbocycles. The minimum absolute atomic E-state index is 0.152. The number of anilines is 1. The summed E-state index contributed by atoms with van der Waals surface area (Å²) in [5, 5.41) is 6.82. The highest BCUT2D eigenvalue weighted by molar-refractivity contribution is 5.90. The van der Waals surface area contributed by atoms with Gasteiger partial charge in [-0.05, 0) is 30.3 Å². The molecular formula is C23H20N4O5. The normalized spacial score (nSPS) is 10.5. The Morgan fingerprint density at radius 2 is 1.94 bits per heavy atom. The van der Waals surface area contributed by atoms with Gasteiger partial charge >= 0.3 is 5.76 Å². The molecule has 0 saturated heterocycles. The number of ether oxygens (including phenoxy) is 2. The summed E-state index contributed by atoms with van der Waals surface area (Å²) in [7, 11) is 1.53. The second kappa shape index (κ2) is 9.61. The van der Waals surface area contributed by atoms with Gasteiger partial charge in [0.2, 0.25) is 11.8 Å². The van der Waals surface area contributed by atoms with Crippen LogP contribution in [0.4, 0.5) is 5.69 Å². The molecule has 4 rings (SSSR count). The zero-order valence-electron chi connectivity index (χ0n) is 17.2. The van der Waals surface area contributed by atoms with Gasteiger partial charge in [0.25, 0.3) is 0 Å². The number of carbonyl (C=O) groups is 1. The topological polar surface area (TPSA) is 108 Å². The van der Waals surface area contributed by atoms with Crippen LogP contribution in [0.3, 0.4) is 0 Å². The summed E-state index contributed by atoms with van der Waals surface area (Å²) in [6.45, 7) is -0.00866. The SMILES string of the molecule is COc1ccc(NC(=O)Cn2nc(-c3ccccc3)oc2=O)cc1OCc1cccnc1. The number of aromatic nitrogens is 3.